The van der Waals surface area contributed by atoms with E-state index in [9.17, 15) is 8.78 Å². The fourth-order valence-corrected chi connectivity index (χ4v) is 2.25. The van der Waals surface area contributed by atoms with Crippen molar-refractivity contribution in [3.05, 3.63) is 63.9 Å². The van der Waals surface area contributed by atoms with E-state index in [0.717, 1.165) is 22.7 Å². The van der Waals surface area contributed by atoms with E-state index in [4.69, 9.17) is 5.73 Å². The van der Waals surface area contributed by atoms with Gasteiger partial charge in [-0.25, -0.2) is 8.78 Å². The third-order valence-corrected chi connectivity index (χ3v) is 3.26. The largest absolute Gasteiger partial charge is 0.322 e. The zero-order valence-electron chi connectivity index (χ0n) is 9.41. The van der Waals surface area contributed by atoms with Gasteiger partial charge >= 0.3 is 0 Å². The second-order valence-electron chi connectivity index (χ2n) is 3.92. The quantitative estimate of drug-likeness (QED) is 0.943. The van der Waals surface area contributed by atoms with Crippen molar-refractivity contribution in [2.45, 2.75) is 12.5 Å². The van der Waals surface area contributed by atoms with Crippen LogP contribution in [-0.4, -0.2) is 4.98 Å². The maximum atomic E-state index is 13.5. The van der Waals surface area contributed by atoms with Gasteiger partial charge in [-0.2, -0.15) is 0 Å². The zero-order valence-corrected chi connectivity index (χ0v) is 11.0. The van der Waals surface area contributed by atoms with E-state index in [-0.39, 0.29) is 12.0 Å². The van der Waals surface area contributed by atoms with Crippen molar-refractivity contribution in [3.63, 3.8) is 0 Å². The number of pyridine rings is 1. The number of aromatic nitrogens is 1. The Morgan fingerprint density at radius 2 is 2.06 bits per heavy atom. The summed E-state index contributed by atoms with van der Waals surface area (Å²) in [6, 6.07) is 6.43. The smallest absolute Gasteiger partial charge is 0.126 e. The van der Waals surface area contributed by atoms with Crippen LogP contribution in [0.3, 0.4) is 0 Å². The van der Waals surface area contributed by atoms with Crippen molar-refractivity contribution in [1.29, 1.82) is 0 Å². The summed E-state index contributed by atoms with van der Waals surface area (Å²) in [7, 11) is 0. The summed E-state index contributed by atoms with van der Waals surface area (Å²) in [4.78, 5) is 4.14. The SMILES string of the molecule is NC(Cc1cc(F)ccc1F)c1ncccc1Br. The molecule has 2 N–H and O–H groups in total. The third kappa shape index (κ3) is 2.91. The Morgan fingerprint density at radius 3 is 2.78 bits per heavy atom. The monoisotopic (exact) mass is 312 g/mol. The highest BCUT2D eigenvalue weighted by atomic mass is 79.9. The first-order valence-corrected chi connectivity index (χ1v) is 6.17. The molecule has 0 aliphatic heterocycles. The van der Waals surface area contributed by atoms with Crippen LogP contribution in [0.25, 0.3) is 0 Å². The summed E-state index contributed by atoms with van der Waals surface area (Å²) in [5.74, 6) is -0.933. The molecular formula is C13H11BrF2N2. The lowest BCUT2D eigenvalue weighted by atomic mass is 10.0. The summed E-state index contributed by atoms with van der Waals surface area (Å²) in [6.07, 6.45) is 1.81. The van der Waals surface area contributed by atoms with Gasteiger partial charge in [0.05, 0.1) is 11.7 Å². The highest BCUT2D eigenvalue weighted by Gasteiger charge is 2.14. The van der Waals surface area contributed by atoms with Gasteiger partial charge in [0.25, 0.3) is 0 Å². The predicted molar refractivity (Wildman–Crippen MR) is 68.9 cm³/mol. The molecule has 0 fully saturated rings. The average molecular weight is 313 g/mol. The summed E-state index contributed by atoms with van der Waals surface area (Å²) in [5.41, 5.74) is 6.84. The Balaban J connectivity index is 2.24. The normalized spacial score (nSPS) is 12.4. The molecule has 1 aromatic carbocycles. The summed E-state index contributed by atoms with van der Waals surface area (Å²) >= 11 is 3.33. The van der Waals surface area contributed by atoms with Crippen molar-refractivity contribution >= 4 is 15.9 Å². The van der Waals surface area contributed by atoms with Gasteiger partial charge in [0.2, 0.25) is 0 Å². The molecule has 1 unspecified atom stereocenters. The molecular weight excluding hydrogens is 302 g/mol. The van der Waals surface area contributed by atoms with Gasteiger partial charge in [-0.3, -0.25) is 4.98 Å². The molecule has 18 heavy (non-hydrogen) atoms. The van der Waals surface area contributed by atoms with Crippen molar-refractivity contribution in [2.24, 2.45) is 5.73 Å². The summed E-state index contributed by atoms with van der Waals surface area (Å²) < 4.78 is 27.3. The molecule has 0 aliphatic carbocycles. The molecule has 1 atom stereocenters. The number of hydrogen-bond donors (Lipinski definition) is 1. The van der Waals surface area contributed by atoms with Crippen molar-refractivity contribution in [3.8, 4) is 0 Å². The van der Waals surface area contributed by atoms with Crippen LogP contribution in [0, 0.1) is 11.6 Å². The fraction of sp³-hybridized carbons (Fsp3) is 0.154. The summed E-state index contributed by atoms with van der Waals surface area (Å²) in [6.45, 7) is 0. The molecule has 0 amide bonds. The molecule has 0 radical (unpaired) electrons. The second kappa shape index (κ2) is 5.54. The van der Waals surface area contributed by atoms with E-state index in [2.05, 4.69) is 20.9 Å². The molecule has 0 aliphatic rings. The van der Waals surface area contributed by atoms with Gasteiger partial charge < -0.3 is 5.73 Å². The first kappa shape index (κ1) is 13.1. The Bertz CT molecular complexity index is 560. The number of hydrogen-bond acceptors (Lipinski definition) is 2. The molecule has 2 nitrogen and oxygen atoms in total. The minimum atomic E-state index is -0.489. The lowest BCUT2D eigenvalue weighted by Gasteiger charge is -2.13. The first-order valence-electron chi connectivity index (χ1n) is 5.38. The van der Waals surface area contributed by atoms with E-state index in [1.165, 1.54) is 0 Å². The number of nitrogens with two attached hydrogens (primary N) is 1. The zero-order chi connectivity index (χ0) is 13.1. The molecule has 2 aromatic rings. The van der Waals surface area contributed by atoms with Crippen LogP contribution in [0.5, 0.6) is 0 Å². The third-order valence-electron chi connectivity index (χ3n) is 2.59. The van der Waals surface area contributed by atoms with E-state index in [0.29, 0.717) is 5.69 Å². The van der Waals surface area contributed by atoms with Gasteiger partial charge in [-0.05, 0) is 58.2 Å². The van der Waals surface area contributed by atoms with Crippen LogP contribution in [-0.2, 0) is 6.42 Å². The lowest BCUT2D eigenvalue weighted by molar-refractivity contribution is 0.570. The van der Waals surface area contributed by atoms with Gasteiger partial charge in [0.1, 0.15) is 11.6 Å². The minimum Gasteiger partial charge on any atom is -0.322 e. The van der Waals surface area contributed by atoms with E-state index < -0.39 is 17.7 Å². The Labute approximate surface area is 112 Å². The standard InChI is InChI=1S/C13H11BrF2N2/c14-10-2-1-5-18-13(10)12(17)7-8-6-9(15)3-4-11(8)16/h1-6,12H,7,17H2. The van der Waals surface area contributed by atoms with E-state index >= 15 is 0 Å². The van der Waals surface area contributed by atoms with Crippen molar-refractivity contribution < 1.29 is 8.78 Å². The van der Waals surface area contributed by atoms with Crippen LogP contribution in [0.2, 0.25) is 0 Å². The molecule has 1 heterocycles. The molecule has 5 heteroatoms. The molecule has 0 spiro atoms. The van der Waals surface area contributed by atoms with Gasteiger partial charge in [0.15, 0.2) is 0 Å². The number of halogens is 3. The molecule has 94 valence electrons. The van der Waals surface area contributed by atoms with Gasteiger partial charge in [0, 0.05) is 10.7 Å². The molecule has 2 rings (SSSR count). The van der Waals surface area contributed by atoms with Crippen LogP contribution < -0.4 is 5.73 Å². The Hall–Kier alpha value is -1.33. The van der Waals surface area contributed by atoms with E-state index in [1.54, 1.807) is 12.3 Å². The van der Waals surface area contributed by atoms with Gasteiger partial charge in [-0.1, -0.05) is 0 Å². The first-order chi connectivity index (χ1) is 8.58. The fourth-order valence-electron chi connectivity index (χ4n) is 1.70. The van der Waals surface area contributed by atoms with Gasteiger partial charge in [-0.15, -0.1) is 0 Å². The minimum absolute atomic E-state index is 0.194. The Morgan fingerprint density at radius 1 is 1.28 bits per heavy atom. The number of benzene rings is 1. The maximum Gasteiger partial charge on any atom is 0.126 e. The molecule has 0 bridgehead atoms. The van der Waals surface area contributed by atoms with Crippen LogP contribution >= 0.6 is 15.9 Å². The molecule has 0 saturated carbocycles. The Kier molecular flexibility index (Phi) is 4.04. The van der Waals surface area contributed by atoms with Crippen LogP contribution in [0.15, 0.2) is 41.0 Å². The topological polar surface area (TPSA) is 38.9 Å². The number of nitrogens with zero attached hydrogens (tertiary/aromatic N) is 1. The predicted octanol–water partition coefficient (Wildman–Crippen LogP) is 3.36. The highest BCUT2D eigenvalue weighted by Crippen LogP contribution is 2.23. The van der Waals surface area contributed by atoms with Crippen LogP contribution in [0.1, 0.15) is 17.3 Å². The number of rotatable bonds is 3. The molecule has 1 aromatic heterocycles. The van der Waals surface area contributed by atoms with Crippen LogP contribution in [0.4, 0.5) is 8.78 Å². The lowest BCUT2D eigenvalue weighted by Crippen LogP contribution is -2.16. The molecule has 0 saturated heterocycles. The highest BCUT2D eigenvalue weighted by molar-refractivity contribution is 9.10. The average Bonchev–Trinajstić information content (AvgIpc) is 2.34. The van der Waals surface area contributed by atoms with Crippen molar-refractivity contribution in [1.82, 2.24) is 4.98 Å². The maximum absolute atomic E-state index is 13.5. The van der Waals surface area contributed by atoms with E-state index in [1.807, 2.05) is 6.07 Å². The second-order valence-corrected chi connectivity index (χ2v) is 4.77. The van der Waals surface area contributed by atoms with Crippen molar-refractivity contribution in [2.75, 3.05) is 0 Å². The summed E-state index contributed by atoms with van der Waals surface area (Å²) in [5, 5.41) is 0.